The van der Waals surface area contributed by atoms with E-state index in [9.17, 15) is 4.79 Å². The monoisotopic (exact) mass is 486 g/mol. The Labute approximate surface area is 212 Å². The van der Waals surface area contributed by atoms with Crippen LogP contribution in [0.1, 0.15) is 36.0 Å². The Kier molecular flexibility index (Phi) is 8.63. The summed E-state index contributed by atoms with van der Waals surface area (Å²) in [5.41, 5.74) is 4.52. The predicted molar refractivity (Wildman–Crippen MR) is 143 cm³/mol. The van der Waals surface area contributed by atoms with Crippen molar-refractivity contribution >= 4 is 16.8 Å². The van der Waals surface area contributed by atoms with E-state index in [-0.39, 0.29) is 11.8 Å². The second kappa shape index (κ2) is 12.3. The lowest BCUT2D eigenvalue weighted by molar-refractivity contribution is -0.121. The third-order valence-corrected chi connectivity index (χ3v) is 6.32. The summed E-state index contributed by atoms with van der Waals surface area (Å²) < 4.78 is 18.3. The fourth-order valence-electron chi connectivity index (χ4n) is 4.53. The molecule has 36 heavy (non-hydrogen) atoms. The van der Waals surface area contributed by atoms with Gasteiger partial charge in [-0.3, -0.25) is 4.79 Å². The number of amides is 1. The number of nitrogens with one attached hydrogen (secondary N) is 1. The van der Waals surface area contributed by atoms with Crippen LogP contribution in [-0.4, -0.2) is 44.5 Å². The molecule has 0 radical (unpaired) electrons. The van der Waals surface area contributed by atoms with E-state index in [2.05, 4.69) is 64.6 Å². The molecule has 6 nitrogen and oxygen atoms in total. The number of para-hydroxylation sites is 1. The summed E-state index contributed by atoms with van der Waals surface area (Å²) in [7, 11) is 3.31. The minimum Gasteiger partial charge on any atom is -0.497 e. The van der Waals surface area contributed by atoms with Gasteiger partial charge in [0.05, 0.1) is 20.3 Å². The highest BCUT2D eigenvalue weighted by atomic mass is 16.5. The van der Waals surface area contributed by atoms with Gasteiger partial charge < -0.3 is 24.1 Å². The largest absolute Gasteiger partial charge is 0.497 e. The number of ether oxygens (including phenoxy) is 3. The molecule has 0 fully saturated rings. The molecule has 0 saturated heterocycles. The summed E-state index contributed by atoms with van der Waals surface area (Å²) in [6.45, 7) is 4.29. The maximum absolute atomic E-state index is 12.9. The van der Waals surface area contributed by atoms with Crippen LogP contribution in [-0.2, 0) is 16.1 Å². The van der Waals surface area contributed by atoms with E-state index >= 15 is 0 Å². The standard InChI is InChI=1S/C30H34N2O4/c1-4-36-25-15-11-23(12-16-25)27(19-30(33)31-17-18-34-2)28-21-32(29-8-6-5-7-26(28)29)20-22-9-13-24(35-3)14-10-22/h5-16,21,27H,4,17-20H2,1-3H3,(H,31,33)/t27-/m0/s1. The van der Waals surface area contributed by atoms with Gasteiger partial charge in [0.2, 0.25) is 5.91 Å². The first-order valence-corrected chi connectivity index (χ1v) is 12.3. The van der Waals surface area contributed by atoms with E-state index in [1.54, 1.807) is 14.2 Å². The Morgan fingerprint density at radius 2 is 1.67 bits per heavy atom. The Hall–Kier alpha value is -3.77. The number of hydrogen-bond acceptors (Lipinski definition) is 4. The van der Waals surface area contributed by atoms with Crippen molar-refractivity contribution in [3.8, 4) is 11.5 Å². The normalized spacial score (nSPS) is 11.9. The van der Waals surface area contributed by atoms with Crippen molar-refractivity contribution in [3.63, 3.8) is 0 Å². The van der Waals surface area contributed by atoms with Crippen LogP contribution < -0.4 is 14.8 Å². The summed E-state index contributed by atoms with van der Waals surface area (Å²) >= 11 is 0. The number of aromatic nitrogens is 1. The Balaban J connectivity index is 1.71. The number of fused-ring (bicyclic) bond motifs is 1. The van der Waals surface area contributed by atoms with Crippen LogP contribution >= 0.6 is 0 Å². The van der Waals surface area contributed by atoms with E-state index in [1.807, 2.05) is 31.2 Å². The fourth-order valence-corrected chi connectivity index (χ4v) is 4.53. The van der Waals surface area contributed by atoms with Gasteiger partial charge in [-0.2, -0.15) is 0 Å². The van der Waals surface area contributed by atoms with Crippen molar-refractivity contribution in [1.29, 1.82) is 0 Å². The molecule has 188 valence electrons. The van der Waals surface area contributed by atoms with Crippen molar-refractivity contribution in [1.82, 2.24) is 9.88 Å². The van der Waals surface area contributed by atoms with E-state index < -0.39 is 0 Å². The van der Waals surface area contributed by atoms with Gasteiger partial charge in [-0.25, -0.2) is 0 Å². The third kappa shape index (κ3) is 6.07. The van der Waals surface area contributed by atoms with Gasteiger partial charge in [-0.15, -0.1) is 0 Å². The number of carbonyl (C=O) groups excluding carboxylic acids is 1. The van der Waals surface area contributed by atoms with Gasteiger partial charge in [-0.05, 0) is 53.9 Å². The third-order valence-electron chi connectivity index (χ3n) is 6.32. The molecule has 1 heterocycles. The van der Waals surface area contributed by atoms with Crippen molar-refractivity contribution in [3.05, 3.63) is 95.7 Å². The molecule has 0 bridgehead atoms. The number of rotatable bonds is 12. The van der Waals surface area contributed by atoms with Crippen molar-refractivity contribution in [2.45, 2.75) is 25.8 Å². The second-order valence-electron chi connectivity index (χ2n) is 8.68. The predicted octanol–water partition coefficient (Wildman–Crippen LogP) is 5.38. The zero-order valence-electron chi connectivity index (χ0n) is 21.2. The maximum Gasteiger partial charge on any atom is 0.221 e. The highest BCUT2D eigenvalue weighted by Crippen LogP contribution is 2.36. The molecule has 6 heteroatoms. The summed E-state index contributed by atoms with van der Waals surface area (Å²) in [5.74, 6) is 1.56. The number of hydrogen-bond donors (Lipinski definition) is 1. The van der Waals surface area contributed by atoms with Gasteiger partial charge >= 0.3 is 0 Å². The van der Waals surface area contributed by atoms with Crippen LogP contribution in [0.25, 0.3) is 10.9 Å². The summed E-state index contributed by atoms with van der Waals surface area (Å²) in [4.78, 5) is 12.9. The first kappa shape index (κ1) is 25.3. The minimum absolute atomic E-state index is 0.00193. The number of nitrogens with zero attached hydrogens (tertiary/aromatic N) is 1. The van der Waals surface area contributed by atoms with Gasteiger partial charge in [0, 0.05) is 49.6 Å². The lowest BCUT2D eigenvalue weighted by Crippen LogP contribution is -2.28. The van der Waals surface area contributed by atoms with E-state index in [1.165, 1.54) is 5.56 Å². The molecule has 0 saturated carbocycles. The van der Waals surface area contributed by atoms with E-state index in [0.717, 1.165) is 40.1 Å². The molecule has 1 amide bonds. The molecule has 4 rings (SSSR count). The van der Waals surface area contributed by atoms with Crippen LogP contribution in [0.2, 0.25) is 0 Å². The Morgan fingerprint density at radius 3 is 2.36 bits per heavy atom. The van der Waals surface area contributed by atoms with Crippen LogP contribution in [0.15, 0.2) is 79.0 Å². The number of benzene rings is 3. The van der Waals surface area contributed by atoms with Crippen LogP contribution in [0, 0.1) is 0 Å². The molecule has 0 unspecified atom stereocenters. The quantitative estimate of drug-likeness (QED) is 0.273. The van der Waals surface area contributed by atoms with Crippen LogP contribution in [0.4, 0.5) is 0 Å². The van der Waals surface area contributed by atoms with E-state index in [0.29, 0.717) is 26.2 Å². The molecule has 1 N–H and O–H groups in total. The van der Waals surface area contributed by atoms with Crippen LogP contribution in [0.5, 0.6) is 11.5 Å². The molecule has 1 aromatic heterocycles. The van der Waals surface area contributed by atoms with Crippen molar-refractivity contribution in [2.24, 2.45) is 0 Å². The highest BCUT2D eigenvalue weighted by Gasteiger charge is 2.23. The average Bonchev–Trinajstić information content (AvgIpc) is 3.27. The molecular weight excluding hydrogens is 452 g/mol. The lowest BCUT2D eigenvalue weighted by atomic mass is 9.88. The SMILES string of the molecule is CCOc1ccc([C@H](CC(=O)NCCOC)c2cn(Cc3ccc(OC)cc3)c3ccccc23)cc1. The smallest absolute Gasteiger partial charge is 0.221 e. The van der Waals surface area contributed by atoms with Gasteiger partial charge in [0.25, 0.3) is 0 Å². The van der Waals surface area contributed by atoms with Crippen molar-refractivity contribution in [2.75, 3.05) is 34.0 Å². The van der Waals surface area contributed by atoms with Gasteiger partial charge in [0.15, 0.2) is 0 Å². The summed E-state index contributed by atoms with van der Waals surface area (Å²) in [6.07, 6.45) is 2.53. The average molecular weight is 487 g/mol. The number of methoxy groups -OCH3 is 2. The fraction of sp³-hybridized carbons (Fsp3) is 0.300. The zero-order valence-corrected chi connectivity index (χ0v) is 21.2. The zero-order chi connectivity index (χ0) is 25.3. The molecule has 0 aliphatic heterocycles. The molecule has 0 spiro atoms. The molecule has 4 aromatic rings. The minimum atomic E-state index is -0.106. The molecule has 1 atom stereocenters. The second-order valence-corrected chi connectivity index (χ2v) is 8.68. The Morgan fingerprint density at radius 1 is 0.944 bits per heavy atom. The molecule has 3 aromatic carbocycles. The van der Waals surface area contributed by atoms with Gasteiger partial charge in [0.1, 0.15) is 11.5 Å². The van der Waals surface area contributed by atoms with Crippen LogP contribution in [0.3, 0.4) is 0 Å². The topological polar surface area (TPSA) is 61.7 Å². The lowest BCUT2D eigenvalue weighted by Gasteiger charge is -2.18. The van der Waals surface area contributed by atoms with E-state index in [4.69, 9.17) is 14.2 Å². The summed E-state index contributed by atoms with van der Waals surface area (Å²) in [5, 5.41) is 4.13. The maximum atomic E-state index is 12.9. The number of carbonyl (C=O) groups is 1. The first-order valence-electron chi connectivity index (χ1n) is 12.3. The molecule has 0 aliphatic carbocycles. The van der Waals surface area contributed by atoms with Crippen molar-refractivity contribution < 1.29 is 19.0 Å². The summed E-state index contributed by atoms with van der Waals surface area (Å²) in [6, 6.07) is 24.6. The Bertz CT molecular complexity index is 1260. The highest BCUT2D eigenvalue weighted by molar-refractivity contribution is 5.86. The van der Waals surface area contributed by atoms with Gasteiger partial charge in [-0.1, -0.05) is 42.5 Å². The molecular formula is C30H34N2O4. The molecule has 0 aliphatic rings. The first-order chi connectivity index (χ1) is 17.6.